The van der Waals surface area contributed by atoms with Gasteiger partial charge >= 0.3 is 5.69 Å². The molecule has 0 saturated heterocycles. The molecule has 3 aromatic rings. The molecule has 0 bridgehead atoms. The lowest BCUT2D eigenvalue weighted by molar-refractivity contribution is 0.714. The summed E-state index contributed by atoms with van der Waals surface area (Å²) in [5, 5.41) is 0.945. The van der Waals surface area contributed by atoms with Gasteiger partial charge in [-0.2, -0.15) is 4.37 Å². The fourth-order valence-corrected chi connectivity index (χ4v) is 4.01. The topological polar surface area (TPSA) is 56.9 Å². The zero-order chi connectivity index (χ0) is 17.6. The zero-order valence-corrected chi connectivity index (χ0v) is 17.3. The first-order valence-electron chi connectivity index (χ1n) is 7.28. The second-order valence-electron chi connectivity index (χ2n) is 5.63. The van der Waals surface area contributed by atoms with E-state index in [1.165, 1.54) is 26.7 Å². The standard InChI is InChI=1S/C16H15Br2N3O2S/c1-8-6-13(22)21(16(23)20(8)3)10-4-5-12-11(7-10)15(19-24-12)14(18)9(2)17/h4-7,9,14H,1-3H3/t9-,14+/m1/s1. The molecule has 2 aromatic heterocycles. The van der Waals surface area contributed by atoms with Gasteiger partial charge in [0.15, 0.2) is 0 Å². The van der Waals surface area contributed by atoms with Crippen LogP contribution in [0.4, 0.5) is 0 Å². The Morgan fingerprint density at radius 2 is 1.92 bits per heavy atom. The smallest absolute Gasteiger partial charge is 0.301 e. The Balaban J connectivity index is 2.26. The van der Waals surface area contributed by atoms with Gasteiger partial charge in [0.05, 0.1) is 20.9 Å². The molecule has 0 spiro atoms. The summed E-state index contributed by atoms with van der Waals surface area (Å²) in [6.07, 6.45) is 0. The first-order chi connectivity index (χ1) is 11.3. The number of aryl methyl sites for hydroxylation is 1. The summed E-state index contributed by atoms with van der Waals surface area (Å²) in [5.74, 6) is 0. The highest BCUT2D eigenvalue weighted by Gasteiger charge is 2.20. The van der Waals surface area contributed by atoms with Crippen molar-refractivity contribution in [2.45, 2.75) is 23.5 Å². The van der Waals surface area contributed by atoms with E-state index in [1.54, 1.807) is 20.0 Å². The van der Waals surface area contributed by atoms with Crippen molar-refractivity contribution in [1.29, 1.82) is 0 Å². The van der Waals surface area contributed by atoms with Gasteiger partial charge in [-0.05, 0) is 36.7 Å². The lowest BCUT2D eigenvalue weighted by Crippen LogP contribution is -2.38. The van der Waals surface area contributed by atoms with E-state index in [0.717, 1.165) is 15.8 Å². The Morgan fingerprint density at radius 3 is 2.58 bits per heavy atom. The molecule has 5 nitrogen and oxygen atoms in total. The van der Waals surface area contributed by atoms with Crippen molar-refractivity contribution in [2.75, 3.05) is 0 Å². The Labute approximate surface area is 159 Å². The van der Waals surface area contributed by atoms with Crippen LogP contribution in [0.1, 0.15) is 23.1 Å². The molecule has 0 radical (unpaired) electrons. The number of rotatable bonds is 3. The molecule has 0 saturated carbocycles. The van der Waals surface area contributed by atoms with Crippen LogP contribution < -0.4 is 11.2 Å². The predicted molar refractivity (Wildman–Crippen MR) is 105 cm³/mol. The summed E-state index contributed by atoms with van der Waals surface area (Å²) in [6, 6.07) is 7.00. The second-order valence-corrected chi connectivity index (χ2v) is 8.86. The first-order valence-corrected chi connectivity index (χ1v) is 9.89. The van der Waals surface area contributed by atoms with Crippen molar-refractivity contribution in [3.05, 3.63) is 56.5 Å². The van der Waals surface area contributed by atoms with E-state index in [9.17, 15) is 9.59 Å². The maximum absolute atomic E-state index is 12.5. The quantitative estimate of drug-likeness (QED) is 0.546. The summed E-state index contributed by atoms with van der Waals surface area (Å²) < 4.78 is 8.19. The van der Waals surface area contributed by atoms with Gasteiger partial charge in [-0.1, -0.05) is 38.8 Å². The van der Waals surface area contributed by atoms with Crippen LogP contribution in [0, 0.1) is 6.92 Å². The van der Waals surface area contributed by atoms with Crippen molar-refractivity contribution < 1.29 is 0 Å². The van der Waals surface area contributed by atoms with Crippen molar-refractivity contribution in [3.8, 4) is 5.69 Å². The average Bonchev–Trinajstić information content (AvgIpc) is 2.95. The van der Waals surface area contributed by atoms with Crippen LogP contribution in [0.25, 0.3) is 15.8 Å². The van der Waals surface area contributed by atoms with Gasteiger partial charge in [0, 0.05) is 29.0 Å². The fraction of sp³-hybridized carbons (Fsp3) is 0.312. The van der Waals surface area contributed by atoms with Crippen LogP contribution in [-0.4, -0.2) is 18.3 Å². The minimum atomic E-state index is -0.353. The molecule has 2 atom stereocenters. The van der Waals surface area contributed by atoms with Gasteiger partial charge in [0.2, 0.25) is 0 Å². The maximum atomic E-state index is 12.5. The maximum Gasteiger partial charge on any atom is 0.335 e. The van der Waals surface area contributed by atoms with Gasteiger partial charge < -0.3 is 4.57 Å². The number of benzene rings is 1. The summed E-state index contributed by atoms with van der Waals surface area (Å²) in [5.41, 5.74) is 1.40. The van der Waals surface area contributed by atoms with Gasteiger partial charge in [-0.25, -0.2) is 9.36 Å². The number of alkyl halides is 2. The van der Waals surface area contributed by atoms with Crippen LogP contribution in [0.2, 0.25) is 0 Å². The first kappa shape index (κ1) is 17.6. The van der Waals surface area contributed by atoms with Crippen molar-refractivity contribution in [2.24, 2.45) is 7.05 Å². The highest BCUT2D eigenvalue weighted by Crippen LogP contribution is 2.37. The van der Waals surface area contributed by atoms with E-state index in [2.05, 4.69) is 36.2 Å². The molecule has 1 aromatic carbocycles. The third-order valence-corrected chi connectivity index (χ3v) is 7.27. The molecule has 0 aliphatic rings. The molecule has 3 rings (SSSR count). The van der Waals surface area contributed by atoms with Gasteiger partial charge in [0.1, 0.15) is 0 Å². The predicted octanol–water partition coefficient (Wildman–Crippen LogP) is 3.67. The molecule has 0 aliphatic heterocycles. The van der Waals surface area contributed by atoms with Crippen LogP contribution >= 0.6 is 43.4 Å². The number of hydrogen-bond donors (Lipinski definition) is 0. The molecule has 0 aliphatic carbocycles. The molecule has 24 heavy (non-hydrogen) atoms. The molecular weight excluding hydrogens is 458 g/mol. The molecule has 8 heteroatoms. The number of hydrogen-bond acceptors (Lipinski definition) is 4. The van der Waals surface area contributed by atoms with Gasteiger partial charge in [-0.15, -0.1) is 0 Å². The lowest BCUT2D eigenvalue weighted by Gasteiger charge is -2.11. The Bertz CT molecular complexity index is 1040. The molecule has 126 valence electrons. The summed E-state index contributed by atoms with van der Waals surface area (Å²) in [7, 11) is 1.66. The largest absolute Gasteiger partial charge is 0.335 e. The molecule has 0 N–H and O–H groups in total. The van der Waals surface area contributed by atoms with E-state index in [0.29, 0.717) is 11.4 Å². The SMILES string of the molecule is Cc1cc(=O)n(-c2ccc3snc([C@@H](Br)[C@@H](C)Br)c3c2)c(=O)n1C. The Hall–Kier alpha value is -1.25. The highest BCUT2D eigenvalue weighted by atomic mass is 79.9. The minimum absolute atomic E-state index is 0.0408. The molecular formula is C16H15Br2N3O2S. The highest BCUT2D eigenvalue weighted by molar-refractivity contribution is 9.12. The van der Waals surface area contributed by atoms with Gasteiger partial charge in [-0.3, -0.25) is 4.79 Å². The molecule has 0 fully saturated rings. The van der Waals surface area contributed by atoms with E-state index >= 15 is 0 Å². The zero-order valence-electron chi connectivity index (χ0n) is 13.3. The molecule has 0 unspecified atom stereocenters. The third kappa shape index (κ3) is 2.91. The second kappa shape index (κ2) is 6.57. The number of halogens is 2. The summed E-state index contributed by atoms with van der Waals surface area (Å²) in [4.78, 5) is 25.1. The van der Waals surface area contributed by atoms with Crippen LogP contribution in [0.3, 0.4) is 0 Å². The number of fused-ring (bicyclic) bond motifs is 1. The van der Waals surface area contributed by atoms with E-state index in [-0.39, 0.29) is 20.9 Å². The van der Waals surface area contributed by atoms with E-state index < -0.39 is 0 Å². The van der Waals surface area contributed by atoms with Crippen LogP contribution in [0.15, 0.2) is 33.9 Å². The lowest BCUT2D eigenvalue weighted by atomic mass is 10.1. The Morgan fingerprint density at radius 1 is 1.21 bits per heavy atom. The van der Waals surface area contributed by atoms with E-state index in [1.807, 2.05) is 19.1 Å². The van der Waals surface area contributed by atoms with E-state index in [4.69, 9.17) is 0 Å². The summed E-state index contributed by atoms with van der Waals surface area (Å²) >= 11 is 8.61. The molecule has 0 amide bonds. The average molecular weight is 473 g/mol. The van der Waals surface area contributed by atoms with Crippen LogP contribution in [-0.2, 0) is 7.05 Å². The van der Waals surface area contributed by atoms with Crippen LogP contribution in [0.5, 0.6) is 0 Å². The van der Waals surface area contributed by atoms with Crippen molar-refractivity contribution >= 4 is 53.5 Å². The number of nitrogens with zero attached hydrogens (tertiary/aromatic N) is 3. The van der Waals surface area contributed by atoms with Crippen molar-refractivity contribution in [1.82, 2.24) is 13.5 Å². The Kier molecular flexibility index (Phi) is 4.81. The fourth-order valence-electron chi connectivity index (χ4n) is 2.47. The monoisotopic (exact) mass is 471 g/mol. The summed E-state index contributed by atoms with van der Waals surface area (Å²) in [6.45, 7) is 3.78. The third-order valence-electron chi connectivity index (χ3n) is 3.96. The number of aromatic nitrogens is 3. The molecule has 2 heterocycles. The normalized spacial score (nSPS) is 14.0. The van der Waals surface area contributed by atoms with Crippen molar-refractivity contribution in [3.63, 3.8) is 0 Å². The van der Waals surface area contributed by atoms with Gasteiger partial charge in [0.25, 0.3) is 5.56 Å². The minimum Gasteiger partial charge on any atom is -0.301 e.